The molecule has 0 saturated carbocycles. The minimum absolute atomic E-state index is 0.615. The number of rotatable bonds is 2. The Bertz CT molecular complexity index is 809. The topological polar surface area (TPSA) is 64.4 Å². The van der Waals surface area contributed by atoms with Crippen LogP contribution in [0, 0.1) is 3.70 Å². The SMILES string of the molecule is COc1cccc(-c2cc3c(s2)c(I)nn3C(=O)O)c1. The van der Waals surface area contributed by atoms with Crippen LogP contribution in [0.5, 0.6) is 5.75 Å². The number of methoxy groups -OCH3 is 1. The maximum absolute atomic E-state index is 11.2. The van der Waals surface area contributed by atoms with Crippen molar-refractivity contribution in [2.24, 2.45) is 0 Å². The number of hydrogen-bond acceptors (Lipinski definition) is 4. The van der Waals surface area contributed by atoms with Crippen molar-refractivity contribution in [3.8, 4) is 16.2 Å². The number of thiophene rings is 1. The van der Waals surface area contributed by atoms with Crippen LogP contribution in [-0.4, -0.2) is 28.1 Å². The summed E-state index contributed by atoms with van der Waals surface area (Å²) in [5.41, 5.74) is 1.61. The number of hydrogen-bond donors (Lipinski definition) is 1. The van der Waals surface area contributed by atoms with E-state index in [1.165, 1.54) is 11.3 Å². The van der Waals surface area contributed by atoms with E-state index >= 15 is 0 Å². The molecule has 2 heterocycles. The van der Waals surface area contributed by atoms with E-state index in [9.17, 15) is 4.79 Å². The Morgan fingerprint density at radius 1 is 1.45 bits per heavy atom. The van der Waals surface area contributed by atoms with Gasteiger partial charge in [0.1, 0.15) is 9.45 Å². The van der Waals surface area contributed by atoms with Crippen molar-refractivity contribution in [2.75, 3.05) is 7.11 Å². The highest BCUT2D eigenvalue weighted by atomic mass is 127. The molecule has 0 unspecified atom stereocenters. The zero-order chi connectivity index (χ0) is 14.3. The third-order valence-corrected chi connectivity index (χ3v) is 5.15. The highest BCUT2D eigenvalue weighted by Gasteiger charge is 2.17. The molecule has 2 aromatic heterocycles. The molecule has 0 saturated heterocycles. The largest absolute Gasteiger partial charge is 0.497 e. The molecule has 5 nitrogen and oxygen atoms in total. The van der Waals surface area contributed by atoms with E-state index in [2.05, 4.69) is 5.10 Å². The van der Waals surface area contributed by atoms with Crippen LogP contribution < -0.4 is 4.74 Å². The van der Waals surface area contributed by atoms with Gasteiger partial charge in [0.05, 0.1) is 17.3 Å². The van der Waals surface area contributed by atoms with Crippen LogP contribution in [0.4, 0.5) is 4.79 Å². The van der Waals surface area contributed by atoms with E-state index in [-0.39, 0.29) is 0 Å². The lowest BCUT2D eigenvalue weighted by Crippen LogP contribution is -2.09. The molecule has 1 N–H and O–H groups in total. The summed E-state index contributed by atoms with van der Waals surface area (Å²) in [5, 5.41) is 13.1. The molecule has 102 valence electrons. The van der Waals surface area contributed by atoms with E-state index in [1.54, 1.807) is 7.11 Å². The van der Waals surface area contributed by atoms with Crippen molar-refractivity contribution in [3.05, 3.63) is 34.0 Å². The predicted molar refractivity (Wildman–Crippen MR) is 85.7 cm³/mol. The maximum Gasteiger partial charge on any atom is 0.432 e. The van der Waals surface area contributed by atoms with Crippen LogP contribution >= 0.6 is 33.9 Å². The minimum atomic E-state index is -1.08. The zero-order valence-corrected chi connectivity index (χ0v) is 13.3. The Kier molecular flexibility index (Phi) is 3.38. The smallest absolute Gasteiger partial charge is 0.432 e. The van der Waals surface area contributed by atoms with Crippen LogP contribution in [0.2, 0.25) is 0 Å². The summed E-state index contributed by atoms with van der Waals surface area (Å²) in [5.74, 6) is 0.773. The number of benzene rings is 1. The van der Waals surface area contributed by atoms with Crippen molar-refractivity contribution >= 4 is 50.2 Å². The number of carbonyl (C=O) groups is 1. The van der Waals surface area contributed by atoms with Crippen LogP contribution in [0.1, 0.15) is 0 Å². The molecule has 0 fully saturated rings. The molecule has 0 amide bonds. The van der Waals surface area contributed by atoms with Crippen molar-refractivity contribution in [3.63, 3.8) is 0 Å². The molecule has 3 rings (SSSR count). The number of nitrogens with zero attached hydrogens (tertiary/aromatic N) is 2. The summed E-state index contributed by atoms with van der Waals surface area (Å²) >= 11 is 3.57. The minimum Gasteiger partial charge on any atom is -0.497 e. The van der Waals surface area contributed by atoms with E-state index in [1.807, 2.05) is 52.9 Å². The molecular weight excluding hydrogens is 391 g/mol. The lowest BCUT2D eigenvalue weighted by molar-refractivity contribution is 0.194. The Balaban J connectivity index is 2.17. The third kappa shape index (κ3) is 2.16. The van der Waals surface area contributed by atoms with E-state index in [0.29, 0.717) is 9.22 Å². The summed E-state index contributed by atoms with van der Waals surface area (Å²) in [6.45, 7) is 0. The van der Waals surface area contributed by atoms with Gasteiger partial charge in [-0.15, -0.1) is 11.3 Å². The van der Waals surface area contributed by atoms with E-state index in [0.717, 1.165) is 25.6 Å². The second-order valence-corrected chi connectivity index (χ2v) is 6.12. The normalized spacial score (nSPS) is 10.9. The molecule has 0 atom stereocenters. The fourth-order valence-electron chi connectivity index (χ4n) is 1.94. The average molecular weight is 400 g/mol. The predicted octanol–water partition coefficient (Wildman–Crippen LogP) is 3.90. The van der Waals surface area contributed by atoms with Crippen molar-refractivity contribution in [1.82, 2.24) is 9.78 Å². The highest BCUT2D eigenvalue weighted by Crippen LogP contribution is 2.36. The van der Waals surface area contributed by atoms with Crippen molar-refractivity contribution in [1.29, 1.82) is 0 Å². The average Bonchev–Trinajstić information content (AvgIpc) is 3.00. The van der Waals surface area contributed by atoms with Gasteiger partial charge < -0.3 is 9.84 Å². The number of carboxylic acid groups (broad SMARTS) is 1. The van der Waals surface area contributed by atoms with E-state index < -0.39 is 6.09 Å². The molecule has 3 aromatic rings. The summed E-state index contributed by atoms with van der Waals surface area (Å²) in [4.78, 5) is 12.1. The van der Waals surface area contributed by atoms with Gasteiger partial charge in [-0.25, -0.2) is 4.79 Å². The molecular formula is C13H9IN2O3S. The van der Waals surface area contributed by atoms with Gasteiger partial charge in [0, 0.05) is 4.88 Å². The zero-order valence-electron chi connectivity index (χ0n) is 10.3. The molecule has 0 aliphatic rings. The lowest BCUT2D eigenvalue weighted by Gasteiger charge is -2.01. The first-order chi connectivity index (χ1) is 9.60. The third-order valence-electron chi connectivity index (χ3n) is 2.85. The molecule has 1 aromatic carbocycles. The number of halogens is 1. The van der Waals surface area contributed by atoms with Gasteiger partial charge in [-0.05, 0) is 46.4 Å². The molecule has 7 heteroatoms. The fraction of sp³-hybridized carbons (Fsp3) is 0.0769. The summed E-state index contributed by atoms with van der Waals surface area (Å²) in [6, 6.07) is 9.53. The van der Waals surface area contributed by atoms with Gasteiger partial charge >= 0.3 is 6.09 Å². The highest BCUT2D eigenvalue weighted by molar-refractivity contribution is 14.1. The molecule has 0 spiro atoms. The summed E-state index contributed by atoms with van der Waals surface area (Å²) < 4.78 is 7.79. The van der Waals surface area contributed by atoms with E-state index in [4.69, 9.17) is 9.84 Å². The standard InChI is InChI=1S/C13H9IN2O3S/c1-19-8-4-2-3-7(5-8)10-6-9-11(20-10)12(14)15-16(9)13(17)18/h2-6H,1H3,(H,17,18). The lowest BCUT2D eigenvalue weighted by atomic mass is 10.2. The first-order valence-electron chi connectivity index (χ1n) is 5.66. The monoisotopic (exact) mass is 400 g/mol. The second-order valence-electron chi connectivity index (χ2n) is 4.04. The van der Waals surface area contributed by atoms with Crippen LogP contribution in [0.15, 0.2) is 30.3 Å². The molecule has 0 aliphatic heterocycles. The number of ether oxygens (including phenoxy) is 1. The maximum atomic E-state index is 11.2. The Hall–Kier alpha value is -1.61. The Morgan fingerprint density at radius 3 is 2.95 bits per heavy atom. The van der Waals surface area contributed by atoms with Gasteiger partial charge in [-0.1, -0.05) is 12.1 Å². The first kappa shape index (κ1) is 13.4. The fourth-order valence-corrected chi connectivity index (χ4v) is 3.77. The van der Waals surface area contributed by atoms with Crippen molar-refractivity contribution in [2.45, 2.75) is 0 Å². The summed E-state index contributed by atoms with van der Waals surface area (Å²) in [7, 11) is 1.62. The molecule has 0 aliphatic carbocycles. The van der Waals surface area contributed by atoms with Crippen LogP contribution in [-0.2, 0) is 0 Å². The molecule has 0 radical (unpaired) electrons. The first-order valence-corrected chi connectivity index (χ1v) is 7.55. The Labute approximate surface area is 131 Å². The van der Waals surface area contributed by atoms with Crippen LogP contribution in [0.25, 0.3) is 20.7 Å². The number of fused-ring (bicyclic) bond motifs is 1. The van der Waals surface area contributed by atoms with Gasteiger partial charge in [0.25, 0.3) is 0 Å². The molecule has 0 bridgehead atoms. The van der Waals surface area contributed by atoms with Gasteiger partial charge in [0.15, 0.2) is 0 Å². The molecule has 20 heavy (non-hydrogen) atoms. The van der Waals surface area contributed by atoms with Crippen LogP contribution in [0.3, 0.4) is 0 Å². The van der Waals surface area contributed by atoms with Gasteiger partial charge in [-0.2, -0.15) is 9.78 Å². The van der Waals surface area contributed by atoms with Gasteiger partial charge in [0.2, 0.25) is 0 Å². The van der Waals surface area contributed by atoms with Crippen molar-refractivity contribution < 1.29 is 14.6 Å². The van der Waals surface area contributed by atoms with Gasteiger partial charge in [-0.3, -0.25) is 0 Å². The Morgan fingerprint density at radius 2 is 2.25 bits per heavy atom. The quantitative estimate of drug-likeness (QED) is 0.663. The number of aromatic nitrogens is 2. The summed E-state index contributed by atoms with van der Waals surface area (Å²) in [6.07, 6.45) is -1.08. The second kappa shape index (κ2) is 5.06.